The number of aryl methyl sites for hydroxylation is 2. The van der Waals surface area contributed by atoms with Gasteiger partial charge in [0.05, 0.1) is 29.2 Å². The van der Waals surface area contributed by atoms with E-state index in [0.29, 0.717) is 35.4 Å². The zero-order chi connectivity index (χ0) is 25.8. The molecule has 7 nitrogen and oxygen atoms in total. The molecule has 0 aliphatic rings. The molecule has 0 saturated heterocycles. The number of amides is 2. The lowest BCUT2D eigenvalue weighted by Crippen LogP contribution is -2.38. The van der Waals surface area contributed by atoms with Crippen molar-refractivity contribution < 1.29 is 9.53 Å². The average Bonchev–Trinajstić information content (AvgIpc) is 2.87. The van der Waals surface area contributed by atoms with E-state index in [1.54, 1.807) is 34.7 Å². The highest BCUT2D eigenvalue weighted by Gasteiger charge is 2.27. The average molecular weight is 485 g/mol. The van der Waals surface area contributed by atoms with Crippen LogP contribution in [0.3, 0.4) is 0 Å². The van der Waals surface area contributed by atoms with Crippen LogP contribution in [-0.2, 0) is 0 Å². The largest absolute Gasteiger partial charge is 0.494 e. The fourth-order valence-electron chi connectivity index (χ4n) is 4.45. The summed E-state index contributed by atoms with van der Waals surface area (Å²) in [6.45, 7) is 8.49. The third kappa shape index (κ3) is 4.96. The summed E-state index contributed by atoms with van der Waals surface area (Å²) < 4.78 is 7.14. The van der Waals surface area contributed by atoms with Gasteiger partial charge in [0.25, 0.3) is 5.56 Å². The van der Waals surface area contributed by atoms with Crippen molar-refractivity contribution in [3.63, 3.8) is 0 Å². The molecule has 0 radical (unpaired) electrons. The van der Waals surface area contributed by atoms with Crippen LogP contribution in [0.4, 0.5) is 10.5 Å². The molecule has 0 fully saturated rings. The molecule has 1 unspecified atom stereocenters. The normalized spacial score (nSPS) is 11.8. The van der Waals surface area contributed by atoms with Gasteiger partial charge in [-0.3, -0.25) is 9.36 Å². The molecule has 1 atom stereocenters. The Hall–Kier alpha value is -4.13. The lowest BCUT2D eigenvalue weighted by molar-refractivity contribution is 0.199. The molecule has 0 spiro atoms. The Labute approximate surface area is 211 Å². The highest BCUT2D eigenvalue weighted by Crippen LogP contribution is 2.27. The molecule has 3 aromatic carbocycles. The number of ether oxygens (including phenoxy) is 1. The summed E-state index contributed by atoms with van der Waals surface area (Å²) in [5, 5.41) is 3.48. The van der Waals surface area contributed by atoms with Crippen LogP contribution < -0.4 is 15.6 Å². The van der Waals surface area contributed by atoms with Gasteiger partial charge in [0.1, 0.15) is 11.6 Å². The summed E-state index contributed by atoms with van der Waals surface area (Å²) in [6.07, 6.45) is 0.572. The standard InChI is InChI=1S/C29H32N4O3/c1-6-25(32(5)29(35)30-21-13-15-22(16-14-21)36-7-2)27-31-24-11-9-8-10-23(24)28(34)33(27)26-17-12-19(3)18-20(26)4/h8-18,25H,6-7H2,1-5H3,(H,30,35). The number of hydrogen-bond donors (Lipinski definition) is 1. The smallest absolute Gasteiger partial charge is 0.322 e. The first-order valence-electron chi connectivity index (χ1n) is 12.2. The number of aromatic nitrogens is 2. The van der Waals surface area contributed by atoms with E-state index in [9.17, 15) is 9.59 Å². The topological polar surface area (TPSA) is 76.5 Å². The van der Waals surface area contributed by atoms with Crippen molar-refractivity contribution in [2.24, 2.45) is 0 Å². The number of rotatable bonds is 7. The number of urea groups is 1. The van der Waals surface area contributed by atoms with Gasteiger partial charge in [-0.05, 0) is 75.2 Å². The van der Waals surface area contributed by atoms with Gasteiger partial charge in [-0.15, -0.1) is 0 Å². The Bertz CT molecular complexity index is 1440. The molecule has 186 valence electrons. The van der Waals surface area contributed by atoms with Crippen LogP contribution >= 0.6 is 0 Å². The van der Waals surface area contributed by atoms with Gasteiger partial charge in [0.15, 0.2) is 0 Å². The molecule has 0 aliphatic carbocycles. The number of carbonyl (C=O) groups is 1. The predicted molar refractivity (Wildman–Crippen MR) is 144 cm³/mol. The molecule has 4 aromatic rings. The lowest BCUT2D eigenvalue weighted by atomic mass is 10.1. The van der Waals surface area contributed by atoms with Gasteiger partial charge >= 0.3 is 6.03 Å². The maximum atomic E-state index is 13.8. The molecule has 2 amide bonds. The number of benzene rings is 3. The number of carbonyl (C=O) groups excluding carboxylic acids is 1. The maximum absolute atomic E-state index is 13.8. The fourth-order valence-corrected chi connectivity index (χ4v) is 4.45. The van der Waals surface area contributed by atoms with Crippen LogP contribution in [0.25, 0.3) is 16.6 Å². The van der Waals surface area contributed by atoms with E-state index in [1.165, 1.54) is 0 Å². The maximum Gasteiger partial charge on any atom is 0.322 e. The summed E-state index contributed by atoms with van der Waals surface area (Å²) >= 11 is 0. The minimum absolute atomic E-state index is 0.152. The van der Waals surface area contributed by atoms with E-state index in [-0.39, 0.29) is 11.6 Å². The van der Waals surface area contributed by atoms with Crippen molar-refractivity contribution >= 4 is 22.6 Å². The number of anilines is 1. The van der Waals surface area contributed by atoms with E-state index in [0.717, 1.165) is 22.6 Å². The zero-order valence-corrected chi connectivity index (χ0v) is 21.4. The number of hydrogen-bond acceptors (Lipinski definition) is 4. The molecular formula is C29H32N4O3. The highest BCUT2D eigenvalue weighted by molar-refractivity contribution is 5.89. The van der Waals surface area contributed by atoms with Crippen molar-refractivity contribution in [3.05, 3.63) is 94.0 Å². The summed E-state index contributed by atoms with van der Waals surface area (Å²) in [6, 6.07) is 19.8. The van der Waals surface area contributed by atoms with Crippen LogP contribution in [0, 0.1) is 13.8 Å². The second-order valence-electron chi connectivity index (χ2n) is 8.84. The quantitative estimate of drug-likeness (QED) is 0.348. The van der Waals surface area contributed by atoms with Gasteiger partial charge in [0, 0.05) is 12.7 Å². The SMILES string of the molecule is CCOc1ccc(NC(=O)N(C)C(CC)c2nc3ccccc3c(=O)n2-c2ccc(C)cc2C)cc1. The Morgan fingerprint density at radius 1 is 1.06 bits per heavy atom. The van der Waals surface area contributed by atoms with Gasteiger partial charge < -0.3 is 15.0 Å². The zero-order valence-electron chi connectivity index (χ0n) is 21.4. The van der Waals surface area contributed by atoms with Gasteiger partial charge in [0.2, 0.25) is 0 Å². The minimum atomic E-state index is -0.439. The van der Waals surface area contributed by atoms with Gasteiger partial charge in [-0.25, -0.2) is 9.78 Å². The monoisotopic (exact) mass is 484 g/mol. The minimum Gasteiger partial charge on any atom is -0.494 e. The molecular weight excluding hydrogens is 452 g/mol. The van der Waals surface area contributed by atoms with Crippen LogP contribution in [0.15, 0.2) is 71.5 Å². The molecule has 0 aliphatic heterocycles. The molecule has 0 bridgehead atoms. The molecule has 0 saturated carbocycles. The van der Waals surface area contributed by atoms with E-state index in [2.05, 4.69) is 5.32 Å². The van der Waals surface area contributed by atoms with Gasteiger partial charge in [-0.1, -0.05) is 36.8 Å². The van der Waals surface area contributed by atoms with E-state index < -0.39 is 6.04 Å². The van der Waals surface area contributed by atoms with Crippen molar-refractivity contribution in [1.29, 1.82) is 0 Å². The Morgan fingerprint density at radius 2 is 1.78 bits per heavy atom. The van der Waals surface area contributed by atoms with Crippen molar-refractivity contribution in [1.82, 2.24) is 14.5 Å². The summed E-state index contributed by atoms with van der Waals surface area (Å²) in [7, 11) is 1.73. The van der Waals surface area contributed by atoms with Crippen molar-refractivity contribution in [2.75, 3.05) is 19.0 Å². The molecule has 1 aromatic heterocycles. The van der Waals surface area contributed by atoms with Crippen LogP contribution in [0.1, 0.15) is 43.3 Å². The summed E-state index contributed by atoms with van der Waals surface area (Å²) in [4.78, 5) is 33.6. The number of nitrogens with one attached hydrogen (secondary N) is 1. The molecule has 7 heteroatoms. The van der Waals surface area contributed by atoms with Crippen LogP contribution in [-0.4, -0.2) is 34.1 Å². The molecule has 36 heavy (non-hydrogen) atoms. The number of para-hydroxylation sites is 1. The summed E-state index contributed by atoms with van der Waals surface area (Å²) in [5.41, 5.74) is 3.95. The van der Waals surface area contributed by atoms with Crippen LogP contribution in [0.2, 0.25) is 0 Å². The number of nitrogens with zero attached hydrogens (tertiary/aromatic N) is 3. The van der Waals surface area contributed by atoms with Gasteiger partial charge in [-0.2, -0.15) is 0 Å². The van der Waals surface area contributed by atoms with E-state index in [4.69, 9.17) is 9.72 Å². The first kappa shape index (κ1) is 25.0. The lowest BCUT2D eigenvalue weighted by Gasteiger charge is -2.29. The third-order valence-corrected chi connectivity index (χ3v) is 6.28. The second-order valence-corrected chi connectivity index (χ2v) is 8.84. The third-order valence-electron chi connectivity index (χ3n) is 6.28. The second kappa shape index (κ2) is 10.6. The van der Waals surface area contributed by atoms with Crippen molar-refractivity contribution in [2.45, 2.75) is 40.2 Å². The first-order valence-corrected chi connectivity index (χ1v) is 12.2. The van der Waals surface area contributed by atoms with Crippen molar-refractivity contribution in [3.8, 4) is 11.4 Å². The Kier molecular flexibility index (Phi) is 7.38. The van der Waals surface area contributed by atoms with Crippen LogP contribution in [0.5, 0.6) is 5.75 Å². The van der Waals surface area contributed by atoms with E-state index in [1.807, 2.05) is 76.2 Å². The first-order chi connectivity index (χ1) is 17.3. The fraction of sp³-hybridized carbons (Fsp3) is 0.276. The molecule has 1 heterocycles. The Balaban J connectivity index is 1.77. The predicted octanol–water partition coefficient (Wildman–Crippen LogP) is 6.02. The Morgan fingerprint density at radius 3 is 2.44 bits per heavy atom. The number of fused-ring (bicyclic) bond motifs is 1. The van der Waals surface area contributed by atoms with E-state index >= 15 is 0 Å². The molecule has 1 N–H and O–H groups in total. The highest BCUT2D eigenvalue weighted by atomic mass is 16.5. The molecule has 4 rings (SSSR count). The summed E-state index contributed by atoms with van der Waals surface area (Å²) in [5.74, 6) is 1.27.